The molecule has 0 bridgehead atoms. The van der Waals surface area contributed by atoms with Gasteiger partial charge < -0.3 is 14.6 Å². The molecule has 98 valence electrons. The summed E-state index contributed by atoms with van der Waals surface area (Å²) in [4.78, 5) is 0. The van der Waals surface area contributed by atoms with Crippen molar-refractivity contribution in [1.82, 2.24) is 0 Å². The highest BCUT2D eigenvalue weighted by atomic mass is 16.7. The van der Waals surface area contributed by atoms with E-state index in [2.05, 4.69) is 6.08 Å². The molecule has 1 aromatic carbocycles. The van der Waals surface area contributed by atoms with Gasteiger partial charge in [0.2, 0.25) is 0 Å². The molecule has 1 N–H and O–H groups in total. The molecule has 0 amide bonds. The van der Waals surface area contributed by atoms with Crippen molar-refractivity contribution in [3.63, 3.8) is 0 Å². The van der Waals surface area contributed by atoms with E-state index in [0.717, 1.165) is 29.5 Å². The average molecular weight is 248 g/mol. The first kappa shape index (κ1) is 13.3. The van der Waals surface area contributed by atoms with Crippen molar-refractivity contribution in [3.8, 4) is 0 Å². The number of hydrogen-bond acceptors (Lipinski definition) is 3. The fraction of sp³-hybridized carbons (Fsp3) is 0.467. The molecule has 1 atom stereocenters. The van der Waals surface area contributed by atoms with Gasteiger partial charge in [0.1, 0.15) is 5.60 Å². The van der Waals surface area contributed by atoms with E-state index in [1.165, 1.54) is 0 Å². The first-order valence-corrected chi connectivity index (χ1v) is 6.18. The van der Waals surface area contributed by atoms with E-state index in [1.807, 2.05) is 31.2 Å². The van der Waals surface area contributed by atoms with Gasteiger partial charge in [-0.2, -0.15) is 0 Å². The summed E-state index contributed by atoms with van der Waals surface area (Å²) in [5, 5.41) is 10.9. The van der Waals surface area contributed by atoms with Gasteiger partial charge in [0, 0.05) is 19.8 Å². The Labute approximate surface area is 108 Å². The Hall–Kier alpha value is -1.16. The van der Waals surface area contributed by atoms with E-state index < -0.39 is 11.9 Å². The summed E-state index contributed by atoms with van der Waals surface area (Å²) in [5.41, 5.74) is 1.89. The van der Waals surface area contributed by atoms with Gasteiger partial charge in [-0.05, 0) is 30.9 Å². The maximum absolute atomic E-state index is 10.9. The standard InChI is InChI=1S/C15H20O3/c1-11-7-6-10-15(11,16)13-9-5-4-8-12(13)14(17-2)18-3/h4-5,7-9,14,16H,6,10H2,1-3H3. The number of ether oxygens (including phenoxy) is 2. The van der Waals surface area contributed by atoms with E-state index in [0.29, 0.717) is 0 Å². The lowest BCUT2D eigenvalue weighted by molar-refractivity contribution is -0.108. The third kappa shape index (κ3) is 2.09. The van der Waals surface area contributed by atoms with Gasteiger partial charge in [0.05, 0.1) is 0 Å². The number of benzene rings is 1. The fourth-order valence-electron chi connectivity index (χ4n) is 2.64. The molecule has 0 spiro atoms. The first-order chi connectivity index (χ1) is 8.63. The van der Waals surface area contributed by atoms with Gasteiger partial charge in [-0.25, -0.2) is 0 Å². The molecule has 0 saturated heterocycles. The van der Waals surface area contributed by atoms with Gasteiger partial charge in [0.15, 0.2) is 6.29 Å². The highest BCUT2D eigenvalue weighted by Gasteiger charge is 2.37. The number of hydrogen-bond donors (Lipinski definition) is 1. The van der Waals surface area contributed by atoms with Crippen molar-refractivity contribution < 1.29 is 14.6 Å². The van der Waals surface area contributed by atoms with Crippen molar-refractivity contribution in [2.75, 3.05) is 14.2 Å². The monoisotopic (exact) mass is 248 g/mol. The van der Waals surface area contributed by atoms with Gasteiger partial charge in [-0.15, -0.1) is 0 Å². The Balaban J connectivity index is 2.48. The minimum atomic E-state index is -0.883. The molecule has 18 heavy (non-hydrogen) atoms. The molecule has 0 radical (unpaired) electrons. The van der Waals surface area contributed by atoms with Gasteiger partial charge >= 0.3 is 0 Å². The maximum Gasteiger partial charge on any atom is 0.183 e. The minimum absolute atomic E-state index is 0.446. The largest absolute Gasteiger partial charge is 0.381 e. The molecule has 3 heteroatoms. The van der Waals surface area contributed by atoms with E-state index in [1.54, 1.807) is 14.2 Å². The molecule has 0 heterocycles. The molecular formula is C15H20O3. The SMILES string of the molecule is COC(OC)c1ccccc1C1(O)CCC=C1C. The zero-order valence-electron chi connectivity index (χ0n) is 11.1. The molecule has 0 fully saturated rings. The third-order valence-electron chi connectivity index (χ3n) is 3.70. The molecule has 1 unspecified atom stereocenters. The summed E-state index contributed by atoms with van der Waals surface area (Å²) in [7, 11) is 3.21. The van der Waals surface area contributed by atoms with Gasteiger partial charge in [-0.1, -0.05) is 30.3 Å². The lowest BCUT2D eigenvalue weighted by Gasteiger charge is -2.29. The summed E-state index contributed by atoms with van der Waals surface area (Å²) in [6, 6.07) is 7.76. The lowest BCUT2D eigenvalue weighted by atomic mass is 9.85. The third-order valence-corrected chi connectivity index (χ3v) is 3.70. The van der Waals surface area contributed by atoms with Crippen LogP contribution in [0.15, 0.2) is 35.9 Å². The highest BCUT2D eigenvalue weighted by Crippen LogP contribution is 2.42. The average Bonchev–Trinajstić information content (AvgIpc) is 2.73. The van der Waals surface area contributed by atoms with Crippen molar-refractivity contribution in [1.29, 1.82) is 0 Å². The lowest BCUT2D eigenvalue weighted by Crippen LogP contribution is -2.26. The van der Waals surface area contributed by atoms with E-state index in [4.69, 9.17) is 9.47 Å². The van der Waals surface area contributed by atoms with E-state index >= 15 is 0 Å². The highest BCUT2D eigenvalue weighted by molar-refractivity contribution is 5.41. The predicted molar refractivity (Wildman–Crippen MR) is 70.1 cm³/mol. The zero-order chi connectivity index (χ0) is 13.2. The van der Waals surface area contributed by atoms with Crippen molar-refractivity contribution >= 4 is 0 Å². The van der Waals surface area contributed by atoms with Crippen LogP contribution in [0, 0.1) is 0 Å². The molecule has 2 rings (SSSR count). The van der Waals surface area contributed by atoms with Crippen LogP contribution in [0.25, 0.3) is 0 Å². The Morgan fingerprint density at radius 2 is 1.89 bits per heavy atom. The van der Waals surface area contributed by atoms with Crippen LogP contribution < -0.4 is 0 Å². The molecule has 0 saturated carbocycles. The van der Waals surface area contributed by atoms with Crippen LogP contribution in [0.1, 0.15) is 37.2 Å². The number of aliphatic hydroxyl groups is 1. The topological polar surface area (TPSA) is 38.7 Å². The Morgan fingerprint density at radius 1 is 1.22 bits per heavy atom. The molecule has 1 aromatic rings. The first-order valence-electron chi connectivity index (χ1n) is 6.18. The van der Waals surface area contributed by atoms with Crippen LogP contribution in [0.3, 0.4) is 0 Å². The Kier molecular flexibility index (Phi) is 3.85. The minimum Gasteiger partial charge on any atom is -0.381 e. The summed E-state index contributed by atoms with van der Waals surface area (Å²) in [5.74, 6) is 0. The number of allylic oxidation sites excluding steroid dienone is 1. The normalized spacial score (nSPS) is 23.5. The van der Waals surface area contributed by atoms with Gasteiger partial charge in [0.25, 0.3) is 0 Å². The second-order valence-electron chi connectivity index (χ2n) is 4.68. The van der Waals surface area contributed by atoms with Crippen LogP contribution in [-0.4, -0.2) is 19.3 Å². The molecule has 3 nitrogen and oxygen atoms in total. The predicted octanol–water partition coefficient (Wildman–Crippen LogP) is 2.91. The second kappa shape index (κ2) is 5.22. The second-order valence-corrected chi connectivity index (χ2v) is 4.68. The quantitative estimate of drug-likeness (QED) is 0.657. The summed E-state index contributed by atoms with van der Waals surface area (Å²) in [6.07, 6.45) is 3.27. The smallest absolute Gasteiger partial charge is 0.183 e. The van der Waals surface area contributed by atoms with Crippen molar-refractivity contribution in [3.05, 3.63) is 47.0 Å². The zero-order valence-corrected chi connectivity index (χ0v) is 11.1. The van der Waals surface area contributed by atoms with Crippen molar-refractivity contribution in [2.24, 2.45) is 0 Å². The molecule has 1 aliphatic carbocycles. The Morgan fingerprint density at radius 3 is 2.44 bits per heavy atom. The van der Waals surface area contributed by atoms with Crippen LogP contribution in [0.5, 0.6) is 0 Å². The van der Waals surface area contributed by atoms with Gasteiger partial charge in [-0.3, -0.25) is 0 Å². The van der Waals surface area contributed by atoms with Crippen molar-refractivity contribution in [2.45, 2.75) is 31.7 Å². The summed E-state index contributed by atoms with van der Waals surface area (Å²) >= 11 is 0. The summed E-state index contributed by atoms with van der Waals surface area (Å²) < 4.78 is 10.6. The fourth-order valence-corrected chi connectivity index (χ4v) is 2.64. The molecular weight excluding hydrogens is 228 g/mol. The maximum atomic E-state index is 10.9. The van der Waals surface area contributed by atoms with E-state index in [9.17, 15) is 5.11 Å². The molecule has 1 aliphatic rings. The van der Waals surface area contributed by atoms with Crippen LogP contribution in [0.4, 0.5) is 0 Å². The molecule has 0 aromatic heterocycles. The Bertz CT molecular complexity index is 449. The van der Waals surface area contributed by atoms with E-state index in [-0.39, 0.29) is 0 Å². The summed E-state index contributed by atoms with van der Waals surface area (Å²) in [6.45, 7) is 1.97. The van der Waals surface area contributed by atoms with Crippen LogP contribution >= 0.6 is 0 Å². The van der Waals surface area contributed by atoms with Crippen LogP contribution in [0.2, 0.25) is 0 Å². The molecule has 0 aliphatic heterocycles. The van der Waals surface area contributed by atoms with Crippen LogP contribution in [-0.2, 0) is 15.1 Å². The number of rotatable bonds is 4. The number of methoxy groups -OCH3 is 2.